The van der Waals surface area contributed by atoms with Gasteiger partial charge in [-0.3, -0.25) is 4.79 Å². The Morgan fingerprint density at radius 1 is 1.28 bits per heavy atom. The number of hydrogen-bond acceptors (Lipinski definition) is 5. The van der Waals surface area contributed by atoms with E-state index in [0.29, 0.717) is 18.8 Å². The summed E-state index contributed by atoms with van der Waals surface area (Å²) in [6.07, 6.45) is 0.134. The predicted molar refractivity (Wildman–Crippen MR) is 96.5 cm³/mol. The number of nitrogens with one attached hydrogen (secondary N) is 1. The van der Waals surface area contributed by atoms with E-state index < -0.39 is 10.0 Å². The van der Waals surface area contributed by atoms with E-state index in [1.165, 1.54) is 25.3 Å². The van der Waals surface area contributed by atoms with E-state index in [9.17, 15) is 13.2 Å². The van der Waals surface area contributed by atoms with Crippen LogP contribution in [-0.2, 0) is 14.8 Å². The van der Waals surface area contributed by atoms with Gasteiger partial charge in [-0.25, -0.2) is 13.1 Å². The van der Waals surface area contributed by atoms with Gasteiger partial charge in [0.2, 0.25) is 15.9 Å². The lowest BCUT2D eigenvalue weighted by atomic mass is 10.3. The topological polar surface area (TPSA) is 79.0 Å². The average molecular weight is 390 g/mol. The molecule has 1 fully saturated rings. The summed E-state index contributed by atoms with van der Waals surface area (Å²) in [6, 6.07) is 4.24. The van der Waals surface area contributed by atoms with Gasteiger partial charge in [0.05, 0.1) is 17.0 Å². The summed E-state index contributed by atoms with van der Waals surface area (Å²) >= 11 is 5.96. The van der Waals surface area contributed by atoms with Crippen LogP contribution in [0.2, 0.25) is 5.02 Å². The highest BCUT2D eigenvalue weighted by atomic mass is 35.5. The van der Waals surface area contributed by atoms with Gasteiger partial charge in [0, 0.05) is 39.1 Å². The van der Waals surface area contributed by atoms with Crippen molar-refractivity contribution in [2.75, 3.05) is 46.4 Å². The van der Waals surface area contributed by atoms with Crippen LogP contribution in [0.25, 0.3) is 0 Å². The quantitative estimate of drug-likeness (QED) is 0.757. The number of halogens is 1. The lowest BCUT2D eigenvalue weighted by Gasteiger charge is -2.34. The molecule has 0 atom stereocenters. The molecule has 1 aliphatic heterocycles. The van der Waals surface area contributed by atoms with Gasteiger partial charge in [-0.15, -0.1) is 0 Å². The van der Waals surface area contributed by atoms with Crippen molar-refractivity contribution in [1.82, 2.24) is 14.5 Å². The molecule has 0 spiro atoms. The maximum atomic E-state index is 12.3. The van der Waals surface area contributed by atoms with Gasteiger partial charge in [0.1, 0.15) is 5.75 Å². The Balaban J connectivity index is 1.86. The molecule has 1 aromatic carbocycles. The maximum Gasteiger partial charge on any atom is 0.240 e. The fourth-order valence-electron chi connectivity index (χ4n) is 2.66. The van der Waals surface area contributed by atoms with Crippen molar-refractivity contribution in [2.45, 2.75) is 18.2 Å². The number of methoxy groups -OCH3 is 1. The smallest absolute Gasteiger partial charge is 0.240 e. The third kappa shape index (κ3) is 5.31. The molecule has 25 heavy (non-hydrogen) atoms. The molecule has 0 aliphatic carbocycles. The molecular formula is C16H24ClN3O4S. The summed E-state index contributed by atoms with van der Waals surface area (Å²) < 4.78 is 32.0. The Labute approximate surface area is 153 Å². The molecular weight excluding hydrogens is 366 g/mol. The second-order valence-corrected chi connectivity index (χ2v) is 7.93. The molecule has 1 amide bonds. The summed E-state index contributed by atoms with van der Waals surface area (Å²) in [5, 5.41) is 0.218. The van der Waals surface area contributed by atoms with Gasteiger partial charge < -0.3 is 14.5 Å². The van der Waals surface area contributed by atoms with Gasteiger partial charge >= 0.3 is 0 Å². The number of hydrogen-bond donors (Lipinski definition) is 1. The molecule has 0 bridgehead atoms. The van der Waals surface area contributed by atoms with E-state index in [4.69, 9.17) is 16.3 Å². The Morgan fingerprint density at radius 2 is 1.96 bits per heavy atom. The second kappa shape index (κ2) is 8.84. The minimum atomic E-state index is -3.72. The number of carbonyl (C=O) groups is 1. The molecule has 1 aromatic rings. The molecule has 1 aliphatic rings. The molecule has 9 heteroatoms. The highest BCUT2D eigenvalue weighted by molar-refractivity contribution is 7.89. The number of nitrogens with zero attached hydrogens (tertiary/aromatic N) is 2. The monoisotopic (exact) mass is 389 g/mol. The van der Waals surface area contributed by atoms with Gasteiger partial charge in [0.25, 0.3) is 0 Å². The van der Waals surface area contributed by atoms with Crippen LogP contribution in [0.15, 0.2) is 23.1 Å². The van der Waals surface area contributed by atoms with Crippen molar-refractivity contribution in [3.8, 4) is 5.75 Å². The normalized spacial score (nSPS) is 16.0. The zero-order valence-corrected chi connectivity index (χ0v) is 16.1. The molecule has 7 nitrogen and oxygen atoms in total. The van der Waals surface area contributed by atoms with E-state index in [-0.39, 0.29) is 28.8 Å². The first-order chi connectivity index (χ1) is 11.9. The first-order valence-corrected chi connectivity index (χ1v) is 10.1. The predicted octanol–water partition coefficient (Wildman–Crippen LogP) is 1.18. The minimum Gasteiger partial charge on any atom is -0.495 e. The third-order valence-electron chi connectivity index (χ3n) is 4.24. The first-order valence-electron chi connectivity index (χ1n) is 8.20. The van der Waals surface area contributed by atoms with Crippen LogP contribution in [0.1, 0.15) is 13.3 Å². The van der Waals surface area contributed by atoms with Crippen LogP contribution in [0.4, 0.5) is 0 Å². The average Bonchev–Trinajstić information content (AvgIpc) is 2.61. The number of piperazine rings is 1. The zero-order valence-electron chi connectivity index (χ0n) is 14.5. The zero-order chi connectivity index (χ0) is 18.4. The largest absolute Gasteiger partial charge is 0.495 e. The third-order valence-corrected chi connectivity index (χ3v) is 5.99. The molecule has 1 N–H and O–H groups in total. The van der Waals surface area contributed by atoms with Gasteiger partial charge in [0.15, 0.2) is 0 Å². The number of ether oxygens (including phenoxy) is 1. The SMILES string of the molecule is CCN1CCN(C(=O)CCNS(=O)(=O)c2ccc(OC)c(Cl)c2)CC1. The van der Waals surface area contributed by atoms with Crippen molar-refractivity contribution in [3.05, 3.63) is 23.2 Å². The number of carbonyl (C=O) groups excluding carboxylic acids is 1. The summed E-state index contributed by atoms with van der Waals surface area (Å²) in [5.74, 6) is 0.369. The molecule has 140 valence electrons. The van der Waals surface area contributed by atoms with E-state index in [0.717, 1.165) is 19.6 Å². The Morgan fingerprint density at radius 3 is 2.52 bits per heavy atom. The molecule has 0 unspecified atom stereocenters. The van der Waals surface area contributed by atoms with Crippen LogP contribution in [0.3, 0.4) is 0 Å². The summed E-state index contributed by atoms with van der Waals surface area (Å²) in [4.78, 5) is 16.3. The summed E-state index contributed by atoms with van der Waals surface area (Å²) in [5.41, 5.74) is 0. The maximum absolute atomic E-state index is 12.3. The Kier molecular flexibility index (Phi) is 7.06. The fourth-order valence-corrected chi connectivity index (χ4v) is 4.04. The Bertz CT molecular complexity index is 703. The number of sulfonamides is 1. The van der Waals surface area contributed by atoms with E-state index in [1.807, 2.05) is 0 Å². The van der Waals surface area contributed by atoms with Crippen molar-refractivity contribution in [2.24, 2.45) is 0 Å². The fraction of sp³-hybridized carbons (Fsp3) is 0.562. The van der Waals surface area contributed by atoms with E-state index in [2.05, 4.69) is 16.5 Å². The minimum absolute atomic E-state index is 0.0359. The van der Waals surface area contributed by atoms with Crippen LogP contribution in [-0.4, -0.2) is 70.5 Å². The highest BCUT2D eigenvalue weighted by Gasteiger charge is 2.21. The number of rotatable bonds is 7. The molecule has 1 heterocycles. The standard InChI is InChI=1S/C16H24ClN3O4S/c1-3-19-8-10-20(11-9-19)16(21)6-7-18-25(22,23)13-4-5-15(24-2)14(17)12-13/h4-5,12,18H,3,6-11H2,1-2H3. The van der Waals surface area contributed by atoms with Crippen LogP contribution >= 0.6 is 11.6 Å². The lowest BCUT2D eigenvalue weighted by molar-refractivity contribution is -0.132. The second-order valence-electron chi connectivity index (χ2n) is 5.76. The lowest BCUT2D eigenvalue weighted by Crippen LogP contribution is -2.49. The molecule has 0 aromatic heterocycles. The van der Waals surface area contributed by atoms with Crippen molar-refractivity contribution < 1.29 is 17.9 Å². The van der Waals surface area contributed by atoms with Crippen molar-refractivity contribution >= 4 is 27.5 Å². The number of likely N-dealkylation sites (N-methyl/N-ethyl adjacent to an activating group) is 1. The number of amides is 1. The van der Waals surface area contributed by atoms with Gasteiger partial charge in [-0.2, -0.15) is 0 Å². The van der Waals surface area contributed by atoms with E-state index in [1.54, 1.807) is 4.90 Å². The van der Waals surface area contributed by atoms with Crippen molar-refractivity contribution in [3.63, 3.8) is 0 Å². The summed E-state index contributed by atoms with van der Waals surface area (Å²) in [7, 11) is -2.26. The van der Waals surface area contributed by atoms with Crippen LogP contribution in [0, 0.1) is 0 Å². The van der Waals surface area contributed by atoms with E-state index >= 15 is 0 Å². The van der Waals surface area contributed by atoms with Gasteiger partial charge in [-0.05, 0) is 24.7 Å². The summed E-state index contributed by atoms with van der Waals surface area (Å²) in [6.45, 7) is 6.22. The van der Waals surface area contributed by atoms with Crippen LogP contribution < -0.4 is 9.46 Å². The number of benzene rings is 1. The van der Waals surface area contributed by atoms with Crippen LogP contribution in [0.5, 0.6) is 5.75 Å². The molecule has 0 saturated carbocycles. The molecule has 0 radical (unpaired) electrons. The molecule has 2 rings (SSSR count). The molecule has 1 saturated heterocycles. The highest BCUT2D eigenvalue weighted by Crippen LogP contribution is 2.26. The van der Waals surface area contributed by atoms with Crippen molar-refractivity contribution in [1.29, 1.82) is 0 Å². The Hall–Kier alpha value is -1.35. The first kappa shape index (κ1) is 20.0. The van der Waals surface area contributed by atoms with Gasteiger partial charge in [-0.1, -0.05) is 18.5 Å².